The van der Waals surface area contributed by atoms with Crippen molar-refractivity contribution in [2.24, 2.45) is 11.8 Å². The van der Waals surface area contributed by atoms with Gasteiger partial charge in [0.25, 0.3) is 0 Å². The van der Waals surface area contributed by atoms with E-state index in [1.807, 2.05) is 0 Å². The van der Waals surface area contributed by atoms with Gasteiger partial charge in [0.2, 0.25) is 11.8 Å². The first-order valence-electron chi connectivity index (χ1n) is 6.53. The molecule has 3 rings (SSSR count). The quantitative estimate of drug-likeness (QED) is 0.523. The fourth-order valence-corrected chi connectivity index (χ4v) is 3.73. The van der Waals surface area contributed by atoms with E-state index in [2.05, 4.69) is 31.9 Å². The number of halogens is 3. The molecular weight excluding hydrogens is 393 g/mol. The average molecular weight is 405 g/mol. The van der Waals surface area contributed by atoms with Gasteiger partial charge in [-0.3, -0.25) is 9.59 Å². The van der Waals surface area contributed by atoms with Gasteiger partial charge in [-0.1, -0.05) is 12.8 Å². The van der Waals surface area contributed by atoms with Gasteiger partial charge >= 0.3 is 0 Å². The zero-order chi connectivity index (χ0) is 14.4. The van der Waals surface area contributed by atoms with Gasteiger partial charge in [-0.25, -0.2) is 9.29 Å². The lowest BCUT2D eigenvalue weighted by Crippen LogP contribution is -2.31. The summed E-state index contributed by atoms with van der Waals surface area (Å²) in [5.41, 5.74) is 0.0458. The van der Waals surface area contributed by atoms with Crippen LogP contribution in [0.15, 0.2) is 21.1 Å². The van der Waals surface area contributed by atoms with Crippen molar-refractivity contribution in [2.45, 2.75) is 25.7 Å². The second-order valence-electron chi connectivity index (χ2n) is 5.23. The Balaban J connectivity index is 2.04. The Morgan fingerprint density at radius 2 is 1.50 bits per heavy atom. The van der Waals surface area contributed by atoms with E-state index >= 15 is 0 Å². The van der Waals surface area contributed by atoms with Gasteiger partial charge in [0.1, 0.15) is 5.82 Å². The Morgan fingerprint density at radius 3 is 2.05 bits per heavy atom. The summed E-state index contributed by atoms with van der Waals surface area (Å²) in [6.45, 7) is 0. The Hall–Kier alpha value is -0.750. The van der Waals surface area contributed by atoms with Gasteiger partial charge in [-0.15, -0.1) is 0 Å². The van der Waals surface area contributed by atoms with Gasteiger partial charge in [0, 0.05) is 8.95 Å². The maximum Gasteiger partial charge on any atom is 0.237 e. The highest BCUT2D eigenvalue weighted by atomic mass is 79.9. The molecule has 1 saturated heterocycles. The molecule has 2 fully saturated rings. The fourth-order valence-electron chi connectivity index (χ4n) is 3.08. The fraction of sp³-hybridized carbons (Fsp3) is 0.429. The number of rotatable bonds is 1. The molecule has 1 aromatic carbocycles. The highest BCUT2D eigenvalue weighted by molar-refractivity contribution is 9.13. The number of fused-ring (bicyclic) bond motifs is 1. The molecule has 1 aromatic rings. The third-order valence-electron chi connectivity index (χ3n) is 4.07. The largest absolute Gasteiger partial charge is 0.274 e. The second-order valence-corrected chi connectivity index (χ2v) is 6.94. The molecule has 2 aliphatic rings. The number of benzene rings is 1. The summed E-state index contributed by atoms with van der Waals surface area (Å²) < 4.78 is 15.3. The first-order chi connectivity index (χ1) is 9.50. The summed E-state index contributed by atoms with van der Waals surface area (Å²) in [6, 6.07) is 2.74. The zero-order valence-electron chi connectivity index (χ0n) is 10.5. The molecule has 0 bridgehead atoms. The van der Waals surface area contributed by atoms with Crippen molar-refractivity contribution in [3.8, 4) is 0 Å². The Bertz CT molecular complexity index is 581. The van der Waals surface area contributed by atoms with Crippen LogP contribution >= 0.6 is 31.9 Å². The molecule has 2 atom stereocenters. The molecular formula is C14H12Br2FNO2. The number of carbonyl (C=O) groups is 2. The molecule has 0 aromatic heterocycles. The van der Waals surface area contributed by atoms with Crippen LogP contribution in [-0.2, 0) is 9.59 Å². The van der Waals surface area contributed by atoms with E-state index < -0.39 is 5.82 Å². The summed E-state index contributed by atoms with van der Waals surface area (Å²) >= 11 is 6.49. The first-order valence-corrected chi connectivity index (χ1v) is 8.11. The molecule has 0 spiro atoms. The van der Waals surface area contributed by atoms with Crippen molar-refractivity contribution in [1.82, 2.24) is 0 Å². The molecule has 2 unspecified atom stereocenters. The molecule has 3 nitrogen and oxygen atoms in total. The highest BCUT2D eigenvalue weighted by Gasteiger charge is 2.49. The van der Waals surface area contributed by atoms with Crippen molar-refractivity contribution in [3.05, 3.63) is 26.9 Å². The van der Waals surface area contributed by atoms with Crippen LogP contribution in [0, 0.1) is 17.7 Å². The summed E-state index contributed by atoms with van der Waals surface area (Å²) in [5.74, 6) is -1.61. The predicted octanol–water partition coefficient (Wildman–Crippen LogP) is 4.03. The van der Waals surface area contributed by atoms with Crippen molar-refractivity contribution in [2.75, 3.05) is 4.90 Å². The number of anilines is 1. The van der Waals surface area contributed by atoms with Crippen LogP contribution in [0.4, 0.5) is 10.1 Å². The van der Waals surface area contributed by atoms with Crippen LogP contribution in [0.1, 0.15) is 25.7 Å². The van der Waals surface area contributed by atoms with Crippen LogP contribution in [0.3, 0.4) is 0 Å². The summed E-state index contributed by atoms with van der Waals surface area (Å²) in [4.78, 5) is 25.9. The van der Waals surface area contributed by atoms with E-state index in [4.69, 9.17) is 0 Å². The Morgan fingerprint density at radius 1 is 1.00 bits per heavy atom. The van der Waals surface area contributed by atoms with Crippen LogP contribution in [0.2, 0.25) is 0 Å². The smallest absolute Gasteiger partial charge is 0.237 e. The van der Waals surface area contributed by atoms with Crippen molar-refractivity contribution >= 4 is 49.4 Å². The van der Waals surface area contributed by atoms with E-state index in [9.17, 15) is 14.0 Å². The lowest BCUT2D eigenvalue weighted by molar-refractivity contribution is -0.122. The van der Waals surface area contributed by atoms with E-state index in [1.54, 1.807) is 0 Å². The second kappa shape index (κ2) is 5.22. The topological polar surface area (TPSA) is 37.4 Å². The minimum Gasteiger partial charge on any atom is -0.274 e. The van der Waals surface area contributed by atoms with Gasteiger partial charge in [-0.2, -0.15) is 0 Å². The first kappa shape index (κ1) is 14.2. The maximum absolute atomic E-state index is 14.1. The van der Waals surface area contributed by atoms with Crippen LogP contribution < -0.4 is 4.90 Å². The minimum atomic E-state index is -0.569. The van der Waals surface area contributed by atoms with E-state index in [-0.39, 0.29) is 29.3 Å². The number of hydrogen-bond acceptors (Lipinski definition) is 2. The Labute approximate surface area is 132 Å². The zero-order valence-corrected chi connectivity index (χ0v) is 13.7. The van der Waals surface area contributed by atoms with Crippen molar-refractivity contribution < 1.29 is 14.0 Å². The Kier molecular flexibility index (Phi) is 3.71. The lowest BCUT2D eigenvalue weighted by atomic mass is 9.81. The van der Waals surface area contributed by atoms with Crippen LogP contribution in [0.25, 0.3) is 0 Å². The monoisotopic (exact) mass is 403 g/mol. The van der Waals surface area contributed by atoms with E-state index in [0.717, 1.165) is 30.6 Å². The van der Waals surface area contributed by atoms with E-state index in [0.29, 0.717) is 8.95 Å². The molecule has 1 saturated carbocycles. The summed E-state index contributed by atoms with van der Waals surface area (Å²) in [5, 5.41) is 0. The van der Waals surface area contributed by atoms with E-state index in [1.165, 1.54) is 12.1 Å². The third-order valence-corrected chi connectivity index (χ3v) is 5.92. The lowest BCUT2D eigenvalue weighted by Gasteiger charge is -2.19. The molecule has 0 N–H and O–H groups in total. The number of amides is 2. The van der Waals surface area contributed by atoms with Gasteiger partial charge < -0.3 is 0 Å². The standard InChI is InChI=1S/C14H12Br2FNO2/c15-9-5-11(17)12(6-10(9)16)18-13(19)7-3-1-2-4-8(7)14(18)20/h5-8H,1-4H2. The van der Waals surface area contributed by atoms with Gasteiger partial charge in [0.05, 0.1) is 17.5 Å². The van der Waals surface area contributed by atoms with Gasteiger partial charge in [-0.05, 0) is 56.8 Å². The molecule has 6 heteroatoms. The molecule has 2 amide bonds. The van der Waals surface area contributed by atoms with Crippen LogP contribution in [-0.4, -0.2) is 11.8 Å². The van der Waals surface area contributed by atoms with Crippen molar-refractivity contribution in [1.29, 1.82) is 0 Å². The van der Waals surface area contributed by atoms with Crippen molar-refractivity contribution in [3.63, 3.8) is 0 Å². The SMILES string of the molecule is O=C1C2CCCCC2C(=O)N1c1cc(Br)c(Br)cc1F. The molecule has 106 valence electrons. The normalized spacial score (nSPS) is 26.1. The molecule has 20 heavy (non-hydrogen) atoms. The number of hydrogen-bond donors (Lipinski definition) is 0. The average Bonchev–Trinajstić information content (AvgIpc) is 2.68. The number of imide groups is 1. The van der Waals surface area contributed by atoms with Crippen LogP contribution in [0.5, 0.6) is 0 Å². The maximum atomic E-state index is 14.1. The minimum absolute atomic E-state index is 0.0458. The predicted molar refractivity (Wildman–Crippen MR) is 79.7 cm³/mol. The molecule has 1 heterocycles. The molecule has 1 aliphatic carbocycles. The number of nitrogens with zero attached hydrogens (tertiary/aromatic N) is 1. The third kappa shape index (κ3) is 2.13. The highest BCUT2D eigenvalue weighted by Crippen LogP contribution is 2.42. The van der Waals surface area contributed by atoms with Gasteiger partial charge in [0.15, 0.2) is 0 Å². The molecule has 0 radical (unpaired) electrons. The summed E-state index contributed by atoms with van der Waals surface area (Å²) in [6.07, 6.45) is 3.37. The number of carbonyl (C=O) groups excluding carboxylic acids is 2. The molecule has 1 aliphatic heterocycles. The summed E-state index contributed by atoms with van der Waals surface area (Å²) in [7, 11) is 0.